The number of aromatic nitrogens is 3. The fourth-order valence-electron chi connectivity index (χ4n) is 2.12. The molecule has 1 amide bonds. The number of rotatable bonds is 6. The molecule has 122 valence electrons. The highest BCUT2D eigenvalue weighted by atomic mass is 16.4. The number of carbonyl (C=O) groups excluding carboxylic acids is 1. The lowest BCUT2D eigenvalue weighted by molar-refractivity contribution is -0.139. The van der Waals surface area contributed by atoms with Crippen molar-refractivity contribution in [3.05, 3.63) is 41.7 Å². The van der Waals surface area contributed by atoms with Crippen LogP contribution in [0.2, 0.25) is 0 Å². The second kappa shape index (κ2) is 7.04. The molecule has 0 fully saturated rings. The van der Waals surface area contributed by atoms with Crippen LogP contribution in [-0.2, 0) is 4.79 Å². The Morgan fingerprint density at radius 1 is 1.26 bits per heavy atom. The average molecular weight is 316 g/mol. The Bertz CT molecular complexity index is 692. The standard InChI is InChI=1S/C16H20N4O3/c1-10(2)8-13(16(22)23)17-15(21)14-9-20(19-18-14)12-6-4-11(3)5-7-12/h4-7,9-10,13H,8H2,1-3H3,(H,17,21)(H,22,23). The fraction of sp³-hybridized carbons (Fsp3) is 0.375. The van der Waals surface area contributed by atoms with Crippen LogP contribution in [0.3, 0.4) is 0 Å². The quantitative estimate of drug-likeness (QED) is 0.847. The SMILES string of the molecule is Cc1ccc(-n2cc(C(=O)NC(CC(C)C)C(=O)O)nn2)cc1. The van der Waals surface area contributed by atoms with E-state index in [0.29, 0.717) is 6.42 Å². The molecule has 0 aliphatic carbocycles. The van der Waals surface area contributed by atoms with Crippen LogP contribution in [0, 0.1) is 12.8 Å². The maximum absolute atomic E-state index is 12.1. The largest absolute Gasteiger partial charge is 0.480 e. The molecule has 1 aromatic heterocycles. The van der Waals surface area contributed by atoms with Crippen LogP contribution in [0.4, 0.5) is 0 Å². The van der Waals surface area contributed by atoms with Crippen molar-refractivity contribution in [2.75, 3.05) is 0 Å². The summed E-state index contributed by atoms with van der Waals surface area (Å²) >= 11 is 0. The van der Waals surface area contributed by atoms with Gasteiger partial charge in [0.05, 0.1) is 11.9 Å². The third-order valence-electron chi connectivity index (χ3n) is 3.34. The highest BCUT2D eigenvalue weighted by Gasteiger charge is 2.23. The van der Waals surface area contributed by atoms with E-state index in [-0.39, 0.29) is 11.6 Å². The monoisotopic (exact) mass is 316 g/mol. The molecule has 7 nitrogen and oxygen atoms in total. The van der Waals surface area contributed by atoms with Gasteiger partial charge in [-0.25, -0.2) is 9.48 Å². The molecule has 1 unspecified atom stereocenters. The maximum Gasteiger partial charge on any atom is 0.326 e. The Morgan fingerprint density at radius 2 is 1.91 bits per heavy atom. The molecule has 0 spiro atoms. The number of benzene rings is 1. The van der Waals surface area contributed by atoms with Gasteiger partial charge in [-0.05, 0) is 31.4 Å². The van der Waals surface area contributed by atoms with Crippen molar-refractivity contribution in [3.8, 4) is 5.69 Å². The molecule has 0 saturated heterocycles. The van der Waals surface area contributed by atoms with Gasteiger partial charge in [0.25, 0.3) is 5.91 Å². The fourth-order valence-corrected chi connectivity index (χ4v) is 2.12. The number of hydrogen-bond acceptors (Lipinski definition) is 4. The van der Waals surface area contributed by atoms with Crippen molar-refractivity contribution in [3.63, 3.8) is 0 Å². The molecule has 7 heteroatoms. The lowest BCUT2D eigenvalue weighted by Gasteiger charge is -2.15. The van der Waals surface area contributed by atoms with Crippen LogP contribution in [-0.4, -0.2) is 38.0 Å². The molecule has 0 aliphatic heterocycles. The van der Waals surface area contributed by atoms with Crippen molar-refractivity contribution < 1.29 is 14.7 Å². The van der Waals surface area contributed by atoms with E-state index in [4.69, 9.17) is 0 Å². The molecule has 2 rings (SSSR count). The van der Waals surface area contributed by atoms with E-state index >= 15 is 0 Å². The summed E-state index contributed by atoms with van der Waals surface area (Å²) < 4.78 is 1.48. The molecular formula is C16H20N4O3. The second-order valence-electron chi connectivity index (χ2n) is 5.88. The first-order valence-corrected chi connectivity index (χ1v) is 7.40. The molecule has 0 bridgehead atoms. The van der Waals surface area contributed by atoms with Crippen LogP contribution in [0.25, 0.3) is 5.69 Å². The summed E-state index contributed by atoms with van der Waals surface area (Å²) in [6.07, 6.45) is 1.83. The molecule has 1 heterocycles. The molecule has 0 radical (unpaired) electrons. The van der Waals surface area contributed by atoms with Gasteiger partial charge >= 0.3 is 5.97 Å². The van der Waals surface area contributed by atoms with E-state index in [0.717, 1.165) is 11.3 Å². The lowest BCUT2D eigenvalue weighted by Crippen LogP contribution is -2.41. The molecular weight excluding hydrogens is 296 g/mol. The number of carboxylic acids is 1. The van der Waals surface area contributed by atoms with E-state index in [1.807, 2.05) is 45.0 Å². The molecule has 0 saturated carbocycles. The normalized spacial score (nSPS) is 12.2. The first-order chi connectivity index (χ1) is 10.9. The zero-order valence-corrected chi connectivity index (χ0v) is 13.4. The zero-order chi connectivity index (χ0) is 17.0. The highest BCUT2D eigenvalue weighted by molar-refractivity contribution is 5.94. The van der Waals surface area contributed by atoms with Crippen molar-refractivity contribution in [1.82, 2.24) is 20.3 Å². The van der Waals surface area contributed by atoms with Crippen LogP contribution >= 0.6 is 0 Å². The van der Waals surface area contributed by atoms with E-state index < -0.39 is 17.9 Å². The summed E-state index contributed by atoms with van der Waals surface area (Å²) in [6, 6.07) is 6.65. The van der Waals surface area contributed by atoms with Crippen LogP contribution in [0.1, 0.15) is 36.3 Å². The molecule has 1 atom stereocenters. The second-order valence-corrected chi connectivity index (χ2v) is 5.88. The van der Waals surface area contributed by atoms with Gasteiger partial charge in [-0.1, -0.05) is 36.8 Å². The Kier molecular flexibility index (Phi) is 5.10. The molecule has 0 aliphatic rings. The molecule has 23 heavy (non-hydrogen) atoms. The van der Waals surface area contributed by atoms with Crippen molar-refractivity contribution in [1.29, 1.82) is 0 Å². The van der Waals surface area contributed by atoms with E-state index in [2.05, 4.69) is 15.6 Å². The van der Waals surface area contributed by atoms with Crippen molar-refractivity contribution in [2.24, 2.45) is 5.92 Å². The Morgan fingerprint density at radius 3 is 2.48 bits per heavy atom. The van der Waals surface area contributed by atoms with Crippen molar-refractivity contribution in [2.45, 2.75) is 33.2 Å². The number of amides is 1. The number of aliphatic carboxylic acids is 1. The summed E-state index contributed by atoms with van der Waals surface area (Å²) in [5.74, 6) is -1.45. The van der Waals surface area contributed by atoms with Gasteiger partial charge in [0.15, 0.2) is 5.69 Å². The Hall–Kier alpha value is -2.70. The predicted molar refractivity (Wildman–Crippen MR) is 84.4 cm³/mol. The number of aryl methyl sites for hydroxylation is 1. The third kappa shape index (κ3) is 4.38. The van der Waals surface area contributed by atoms with Gasteiger partial charge in [-0.15, -0.1) is 5.10 Å². The lowest BCUT2D eigenvalue weighted by atomic mass is 10.0. The molecule has 2 aromatic rings. The molecule has 1 aromatic carbocycles. The Labute approximate surface area is 134 Å². The summed E-state index contributed by atoms with van der Waals surface area (Å²) in [5, 5.41) is 19.4. The van der Waals surface area contributed by atoms with E-state index in [1.165, 1.54) is 10.9 Å². The van der Waals surface area contributed by atoms with Crippen LogP contribution in [0.15, 0.2) is 30.5 Å². The topological polar surface area (TPSA) is 97.1 Å². The Balaban J connectivity index is 2.11. The van der Waals surface area contributed by atoms with Gasteiger partial charge in [-0.2, -0.15) is 0 Å². The highest BCUT2D eigenvalue weighted by Crippen LogP contribution is 2.09. The number of nitrogens with zero attached hydrogens (tertiary/aromatic N) is 3. The summed E-state index contributed by atoms with van der Waals surface area (Å²) in [6.45, 7) is 5.77. The smallest absolute Gasteiger partial charge is 0.326 e. The number of nitrogens with one attached hydrogen (secondary N) is 1. The first kappa shape index (κ1) is 16.7. The van der Waals surface area contributed by atoms with Gasteiger partial charge in [-0.3, -0.25) is 4.79 Å². The van der Waals surface area contributed by atoms with E-state index in [1.54, 1.807) is 0 Å². The number of carboxylic acid groups (broad SMARTS) is 1. The van der Waals surface area contributed by atoms with Gasteiger partial charge in [0.2, 0.25) is 0 Å². The van der Waals surface area contributed by atoms with Gasteiger partial charge in [0, 0.05) is 0 Å². The third-order valence-corrected chi connectivity index (χ3v) is 3.34. The summed E-state index contributed by atoms with van der Waals surface area (Å²) in [4.78, 5) is 23.4. The minimum absolute atomic E-state index is 0.0839. The average Bonchev–Trinajstić information content (AvgIpc) is 2.96. The minimum atomic E-state index is -1.06. The number of carbonyl (C=O) groups is 2. The maximum atomic E-state index is 12.1. The van der Waals surface area contributed by atoms with Crippen molar-refractivity contribution >= 4 is 11.9 Å². The van der Waals surface area contributed by atoms with Gasteiger partial charge in [0.1, 0.15) is 6.04 Å². The first-order valence-electron chi connectivity index (χ1n) is 7.40. The summed E-state index contributed by atoms with van der Waals surface area (Å²) in [5.41, 5.74) is 1.98. The molecule has 2 N–H and O–H groups in total. The predicted octanol–water partition coefficient (Wildman–Crippen LogP) is 1.80. The zero-order valence-electron chi connectivity index (χ0n) is 13.4. The number of hydrogen-bond donors (Lipinski definition) is 2. The van der Waals surface area contributed by atoms with Crippen LogP contribution < -0.4 is 5.32 Å². The van der Waals surface area contributed by atoms with Crippen LogP contribution in [0.5, 0.6) is 0 Å². The minimum Gasteiger partial charge on any atom is -0.480 e. The summed E-state index contributed by atoms with van der Waals surface area (Å²) in [7, 11) is 0. The van der Waals surface area contributed by atoms with E-state index in [9.17, 15) is 14.7 Å². The van der Waals surface area contributed by atoms with Gasteiger partial charge < -0.3 is 10.4 Å².